The Hall–Kier alpha value is -3.46. The van der Waals surface area contributed by atoms with Gasteiger partial charge >= 0.3 is 5.97 Å². The Morgan fingerprint density at radius 3 is 2.57 bits per heavy atom. The number of piperazine rings is 1. The number of anilines is 2. The Morgan fingerprint density at radius 1 is 1.10 bits per heavy atom. The van der Waals surface area contributed by atoms with Gasteiger partial charge in [0.25, 0.3) is 0 Å². The molecule has 0 bridgehead atoms. The van der Waals surface area contributed by atoms with Crippen molar-refractivity contribution in [2.45, 2.75) is 0 Å². The summed E-state index contributed by atoms with van der Waals surface area (Å²) in [5, 5.41) is 10.6. The molecule has 1 aromatic carbocycles. The van der Waals surface area contributed by atoms with Crippen molar-refractivity contribution < 1.29 is 9.90 Å². The van der Waals surface area contributed by atoms with Crippen LogP contribution >= 0.6 is 11.3 Å². The van der Waals surface area contributed by atoms with E-state index in [9.17, 15) is 14.7 Å². The smallest absolute Gasteiger partial charge is 0.341 e. The zero-order valence-corrected chi connectivity index (χ0v) is 17.1. The second kappa shape index (κ2) is 7.10. The van der Waals surface area contributed by atoms with Crippen molar-refractivity contribution in [2.24, 2.45) is 7.05 Å². The molecule has 30 heavy (non-hydrogen) atoms. The first-order valence-electron chi connectivity index (χ1n) is 9.59. The van der Waals surface area contributed by atoms with Gasteiger partial charge in [-0.15, -0.1) is 0 Å². The van der Waals surface area contributed by atoms with Crippen LogP contribution in [-0.4, -0.2) is 51.8 Å². The second-order valence-corrected chi connectivity index (χ2v) is 8.29. The third-order valence-electron chi connectivity index (χ3n) is 5.47. The number of carbonyl (C=O) groups is 1. The molecular weight excluding hydrogens is 402 g/mol. The lowest BCUT2D eigenvalue weighted by Crippen LogP contribution is -2.46. The summed E-state index contributed by atoms with van der Waals surface area (Å²) in [6.45, 7) is 3.12. The highest BCUT2D eigenvalue weighted by Crippen LogP contribution is 2.31. The van der Waals surface area contributed by atoms with Crippen LogP contribution in [0.15, 0.2) is 47.7 Å². The van der Waals surface area contributed by atoms with Gasteiger partial charge in [-0.2, -0.15) is 0 Å². The number of nitrogens with zero attached hydrogens (tertiary/aromatic N) is 5. The Bertz CT molecular complexity index is 1300. The van der Waals surface area contributed by atoms with E-state index < -0.39 is 11.4 Å². The van der Waals surface area contributed by atoms with Crippen molar-refractivity contribution in [1.29, 1.82) is 0 Å². The lowest BCUT2D eigenvalue weighted by atomic mass is 10.1. The van der Waals surface area contributed by atoms with Gasteiger partial charge in [0.15, 0.2) is 5.13 Å². The summed E-state index contributed by atoms with van der Waals surface area (Å²) in [5.74, 6) is -1.23. The predicted octanol–water partition coefficient (Wildman–Crippen LogP) is 2.57. The number of fused-ring (bicyclic) bond motifs is 2. The molecule has 0 saturated carbocycles. The Morgan fingerprint density at radius 2 is 1.83 bits per heavy atom. The first kappa shape index (κ1) is 18.6. The van der Waals surface area contributed by atoms with Gasteiger partial charge in [-0.3, -0.25) is 9.78 Å². The molecule has 152 valence electrons. The van der Waals surface area contributed by atoms with Crippen LogP contribution in [0.4, 0.5) is 10.8 Å². The van der Waals surface area contributed by atoms with Gasteiger partial charge in [-0.25, -0.2) is 9.78 Å². The predicted molar refractivity (Wildman–Crippen MR) is 118 cm³/mol. The fraction of sp³-hybridized carbons (Fsp3) is 0.238. The molecule has 0 radical (unpaired) electrons. The van der Waals surface area contributed by atoms with Crippen molar-refractivity contribution in [3.05, 3.63) is 58.6 Å². The third kappa shape index (κ3) is 2.98. The van der Waals surface area contributed by atoms with E-state index in [0.29, 0.717) is 10.9 Å². The normalized spacial score (nSPS) is 14.6. The molecule has 8 nitrogen and oxygen atoms in total. The maximum absolute atomic E-state index is 12.6. The first-order valence-corrected chi connectivity index (χ1v) is 10.4. The van der Waals surface area contributed by atoms with Crippen LogP contribution in [0.1, 0.15) is 10.4 Å². The molecule has 1 saturated heterocycles. The number of benzene rings is 1. The Labute approximate surface area is 175 Å². The Kier molecular flexibility index (Phi) is 4.39. The molecule has 4 heterocycles. The highest BCUT2D eigenvalue weighted by Gasteiger charge is 2.23. The van der Waals surface area contributed by atoms with Crippen molar-refractivity contribution in [2.75, 3.05) is 36.0 Å². The van der Waals surface area contributed by atoms with Crippen LogP contribution in [0.3, 0.4) is 0 Å². The summed E-state index contributed by atoms with van der Waals surface area (Å²) in [6, 6.07) is 8.13. The minimum Gasteiger partial charge on any atom is -0.477 e. The van der Waals surface area contributed by atoms with E-state index in [1.807, 2.05) is 18.2 Å². The van der Waals surface area contributed by atoms with Gasteiger partial charge in [0.2, 0.25) is 5.43 Å². The topological polar surface area (TPSA) is 91.6 Å². The summed E-state index contributed by atoms with van der Waals surface area (Å²) in [5.41, 5.74) is 1.81. The monoisotopic (exact) mass is 421 g/mol. The average Bonchev–Trinajstić information content (AvgIpc) is 3.20. The summed E-state index contributed by atoms with van der Waals surface area (Å²) in [6.07, 6.45) is 4.58. The standard InChI is InChI=1S/C21H19N5O3S/c1-24-12-14(20(28)29)19(27)13-10-22-11-16(18(13)24)25-6-8-26(9-7-25)21-23-15-4-2-3-5-17(15)30-21/h2-5,10-12H,6-9H2,1H3,(H,28,29). The van der Waals surface area contributed by atoms with Crippen LogP contribution in [0, 0.1) is 0 Å². The summed E-state index contributed by atoms with van der Waals surface area (Å²) in [4.78, 5) is 37.4. The first-order chi connectivity index (χ1) is 14.5. The third-order valence-corrected chi connectivity index (χ3v) is 6.56. The van der Waals surface area contributed by atoms with E-state index in [1.54, 1.807) is 29.1 Å². The average molecular weight is 421 g/mol. The molecule has 0 unspecified atom stereocenters. The van der Waals surface area contributed by atoms with E-state index >= 15 is 0 Å². The number of carboxylic acid groups (broad SMARTS) is 1. The number of rotatable bonds is 3. The molecule has 0 spiro atoms. The van der Waals surface area contributed by atoms with Crippen molar-refractivity contribution in [3.8, 4) is 0 Å². The fourth-order valence-electron chi connectivity index (χ4n) is 3.96. The SMILES string of the molecule is Cn1cc(C(=O)O)c(=O)c2cncc(N3CCN(c4nc5ccccc5s4)CC3)c21. The van der Waals surface area contributed by atoms with Crippen LogP contribution < -0.4 is 15.2 Å². The number of pyridine rings is 2. The molecule has 1 aliphatic rings. The molecular formula is C21H19N5O3S. The molecule has 0 atom stereocenters. The van der Waals surface area contributed by atoms with Gasteiger partial charge in [0, 0.05) is 45.6 Å². The summed E-state index contributed by atoms with van der Waals surface area (Å²) < 4.78 is 2.88. The quantitative estimate of drug-likeness (QED) is 0.544. The van der Waals surface area contributed by atoms with E-state index in [4.69, 9.17) is 4.98 Å². The lowest BCUT2D eigenvalue weighted by Gasteiger charge is -2.36. The molecule has 3 aromatic heterocycles. The van der Waals surface area contributed by atoms with Crippen LogP contribution in [0.5, 0.6) is 0 Å². The molecule has 9 heteroatoms. The maximum Gasteiger partial charge on any atom is 0.341 e. The van der Waals surface area contributed by atoms with Crippen molar-refractivity contribution >= 4 is 49.2 Å². The van der Waals surface area contributed by atoms with Gasteiger partial charge < -0.3 is 19.5 Å². The van der Waals surface area contributed by atoms with E-state index in [0.717, 1.165) is 42.5 Å². The summed E-state index contributed by atoms with van der Waals surface area (Å²) in [7, 11) is 1.76. The zero-order chi connectivity index (χ0) is 20.8. The van der Waals surface area contributed by atoms with Gasteiger partial charge in [-0.05, 0) is 12.1 Å². The van der Waals surface area contributed by atoms with Crippen LogP contribution in [0.25, 0.3) is 21.1 Å². The number of hydrogen-bond acceptors (Lipinski definition) is 7. The minimum absolute atomic E-state index is 0.246. The number of aromatic carboxylic acids is 1. The number of carboxylic acids is 1. The molecule has 1 fully saturated rings. The van der Waals surface area contributed by atoms with Gasteiger partial charge in [0.05, 0.1) is 33.0 Å². The minimum atomic E-state index is -1.23. The molecule has 1 aliphatic heterocycles. The maximum atomic E-state index is 12.6. The molecule has 4 aromatic rings. The zero-order valence-electron chi connectivity index (χ0n) is 16.3. The molecule has 5 rings (SSSR count). The van der Waals surface area contributed by atoms with Crippen molar-refractivity contribution in [1.82, 2.24) is 14.5 Å². The number of aromatic nitrogens is 3. The summed E-state index contributed by atoms with van der Waals surface area (Å²) >= 11 is 1.69. The van der Waals surface area contributed by atoms with E-state index in [-0.39, 0.29) is 5.56 Å². The molecule has 1 N–H and O–H groups in total. The van der Waals surface area contributed by atoms with Gasteiger partial charge in [0.1, 0.15) is 5.56 Å². The van der Waals surface area contributed by atoms with Gasteiger partial charge in [-0.1, -0.05) is 23.5 Å². The lowest BCUT2D eigenvalue weighted by molar-refractivity contribution is 0.0695. The fourth-order valence-corrected chi connectivity index (χ4v) is 4.98. The number of hydrogen-bond donors (Lipinski definition) is 1. The van der Waals surface area contributed by atoms with E-state index in [2.05, 4.69) is 20.9 Å². The number of aryl methyl sites for hydroxylation is 1. The van der Waals surface area contributed by atoms with Crippen LogP contribution in [-0.2, 0) is 7.05 Å². The van der Waals surface area contributed by atoms with Crippen molar-refractivity contribution in [3.63, 3.8) is 0 Å². The van der Waals surface area contributed by atoms with Crippen LogP contribution in [0.2, 0.25) is 0 Å². The largest absolute Gasteiger partial charge is 0.477 e. The number of thiazole rings is 1. The highest BCUT2D eigenvalue weighted by atomic mass is 32.1. The number of para-hydroxylation sites is 1. The second-order valence-electron chi connectivity index (χ2n) is 7.28. The molecule has 0 aliphatic carbocycles. The highest BCUT2D eigenvalue weighted by molar-refractivity contribution is 7.22. The Balaban J connectivity index is 1.45. The molecule has 0 amide bonds. The van der Waals surface area contributed by atoms with E-state index in [1.165, 1.54) is 17.1 Å².